The van der Waals surface area contributed by atoms with E-state index < -0.39 is 0 Å². The van der Waals surface area contributed by atoms with Gasteiger partial charge in [0.05, 0.1) is 0 Å². The lowest BCUT2D eigenvalue weighted by Gasteiger charge is -2.26. The van der Waals surface area contributed by atoms with E-state index in [0.717, 1.165) is 16.8 Å². The lowest BCUT2D eigenvalue weighted by molar-refractivity contribution is -0.118. The summed E-state index contributed by atoms with van der Waals surface area (Å²) in [4.78, 5) is 25.7. The number of ether oxygens (including phenoxy) is 1. The van der Waals surface area contributed by atoms with Crippen molar-refractivity contribution in [2.45, 2.75) is 18.9 Å². The average molecular weight is 388 g/mol. The van der Waals surface area contributed by atoms with Gasteiger partial charge in [0.25, 0.3) is 0 Å². The maximum atomic E-state index is 12.3. The molecule has 0 radical (unpaired) electrons. The molecule has 0 spiro atoms. The van der Waals surface area contributed by atoms with Crippen LogP contribution in [0.3, 0.4) is 0 Å². The van der Waals surface area contributed by atoms with Crippen LogP contribution in [0.5, 0.6) is 0 Å². The minimum Gasteiger partial charge on any atom is -0.375 e. The zero-order chi connectivity index (χ0) is 19.4. The number of hydrogen-bond donors (Lipinski definition) is 2. The van der Waals surface area contributed by atoms with Crippen LogP contribution in [0.1, 0.15) is 23.7 Å². The second-order valence-electron chi connectivity index (χ2n) is 6.38. The Kier molecular flexibility index (Phi) is 5.98. The third kappa shape index (κ3) is 4.40. The second-order valence-corrected chi connectivity index (χ2v) is 6.78. The number of fused-ring (bicyclic) bond motifs is 1. The minimum absolute atomic E-state index is 0.103. The SMILES string of the molecule is COC(CNC(=O)Nc1ccc2c(c1)CCC(=O)N2C)c1ccccc1Cl. The highest BCUT2D eigenvalue weighted by atomic mass is 35.5. The van der Waals surface area contributed by atoms with Crippen LogP contribution < -0.4 is 15.5 Å². The van der Waals surface area contributed by atoms with Gasteiger partial charge in [0.15, 0.2) is 0 Å². The van der Waals surface area contributed by atoms with E-state index in [1.807, 2.05) is 30.3 Å². The van der Waals surface area contributed by atoms with Crippen LogP contribution in [0.4, 0.5) is 16.2 Å². The largest absolute Gasteiger partial charge is 0.375 e. The standard InChI is InChI=1S/C20H22ClN3O3/c1-24-17-9-8-14(11-13(17)7-10-19(24)25)23-20(26)22-12-18(27-2)15-5-3-4-6-16(15)21/h3-6,8-9,11,18H,7,10,12H2,1-2H3,(H2,22,23,26). The Morgan fingerprint density at radius 2 is 2.04 bits per heavy atom. The highest BCUT2D eigenvalue weighted by Gasteiger charge is 2.21. The van der Waals surface area contributed by atoms with Crippen LogP contribution in [-0.2, 0) is 16.0 Å². The highest BCUT2D eigenvalue weighted by molar-refractivity contribution is 6.31. The fourth-order valence-corrected chi connectivity index (χ4v) is 3.41. The summed E-state index contributed by atoms with van der Waals surface area (Å²) >= 11 is 6.20. The summed E-state index contributed by atoms with van der Waals surface area (Å²) in [5, 5.41) is 6.22. The lowest BCUT2D eigenvalue weighted by Crippen LogP contribution is -2.33. The van der Waals surface area contributed by atoms with E-state index in [-0.39, 0.29) is 24.6 Å². The molecule has 0 aliphatic carbocycles. The summed E-state index contributed by atoms with van der Waals surface area (Å²) in [6, 6.07) is 12.6. The number of rotatable bonds is 5. The minimum atomic E-state index is -0.340. The van der Waals surface area contributed by atoms with E-state index in [9.17, 15) is 9.59 Å². The fraction of sp³-hybridized carbons (Fsp3) is 0.300. The summed E-state index contributed by atoms with van der Waals surface area (Å²) in [5.74, 6) is 0.103. The number of aryl methyl sites for hydroxylation is 1. The molecule has 1 aliphatic rings. The van der Waals surface area contributed by atoms with Crippen molar-refractivity contribution < 1.29 is 14.3 Å². The number of methoxy groups -OCH3 is 1. The molecule has 2 aromatic carbocycles. The number of benzene rings is 2. The molecular formula is C20H22ClN3O3. The summed E-state index contributed by atoms with van der Waals surface area (Å²) < 4.78 is 5.45. The van der Waals surface area contributed by atoms with Crippen LogP contribution in [0.15, 0.2) is 42.5 Å². The number of amides is 3. The van der Waals surface area contributed by atoms with Crippen molar-refractivity contribution in [2.75, 3.05) is 30.9 Å². The number of carbonyl (C=O) groups is 2. The summed E-state index contributed by atoms with van der Waals surface area (Å²) in [6.07, 6.45) is 0.813. The third-order valence-corrected chi connectivity index (χ3v) is 5.01. The van der Waals surface area contributed by atoms with Crippen molar-refractivity contribution in [3.8, 4) is 0 Å². The van der Waals surface area contributed by atoms with Gasteiger partial charge in [-0.2, -0.15) is 0 Å². The number of nitrogens with one attached hydrogen (secondary N) is 2. The van der Waals surface area contributed by atoms with Crippen LogP contribution in [0.2, 0.25) is 5.02 Å². The molecule has 7 heteroatoms. The molecule has 6 nitrogen and oxygen atoms in total. The van der Waals surface area contributed by atoms with E-state index in [1.165, 1.54) is 0 Å². The highest BCUT2D eigenvalue weighted by Crippen LogP contribution is 2.29. The zero-order valence-electron chi connectivity index (χ0n) is 15.3. The fourth-order valence-electron chi connectivity index (χ4n) is 3.15. The number of hydrogen-bond acceptors (Lipinski definition) is 3. The number of urea groups is 1. The zero-order valence-corrected chi connectivity index (χ0v) is 16.0. The number of carbonyl (C=O) groups excluding carboxylic acids is 2. The van der Waals surface area contributed by atoms with Crippen LogP contribution in [0.25, 0.3) is 0 Å². The van der Waals surface area contributed by atoms with Crippen LogP contribution in [-0.4, -0.2) is 32.6 Å². The van der Waals surface area contributed by atoms with Gasteiger partial charge in [-0.15, -0.1) is 0 Å². The Balaban J connectivity index is 1.61. The normalized spacial score (nSPS) is 14.5. The van der Waals surface area contributed by atoms with Crippen molar-refractivity contribution in [1.82, 2.24) is 5.32 Å². The number of nitrogens with zero attached hydrogens (tertiary/aromatic N) is 1. The quantitative estimate of drug-likeness (QED) is 0.820. The Labute approximate surface area is 163 Å². The van der Waals surface area contributed by atoms with Crippen molar-refractivity contribution >= 4 is 34.9 Å². The topological polar surface area (TPSA) is 70.7 Å². The van der Waals surface area contributed by atoms with Crippen molar-refractivity contribution in [3.63, 3.8) is 0 Å². The molecule has 2 N–H and O–H groups in total. The third-order valence-electron chi connectivity index (χ3n) is 4.67. The molecule has 0 bridgehead atoms. The van der Waals surface area contributed by atoms with Gasteiger partial charge in [-0.25, -0.2) is 4.79 Å². The monoisotopic (exact) mass is 387 g/mol. The first-order chi connectivity index (χ1) is 13.0. The second kappa shape index (κ2) is 8.41. The predicted molar refractivity (Wildman–Crippen MR) is 106 cm³/mol. The Morgan fingerprint density at radius 3 is 2.78 bits per heavy atom. The number of halogens is 1. The van der Waals surface area contributed by atoms with Crippen molar-refractivity contribution in [1.29, 1.82) is 0 Å². The van der Waals surface area contributed by atoms with E-state index in [4.69, 9.17) is 16.3 Å². The van der Waals surface area contributed by atoms with Gasteiger partial charge in [0.2, 0.25) is 5.91 Å². The van der Waals surface area contributed by atoms with Gasteiger partial charge < -0.3 is 20.3 Å². The van der Waals surface area contributed by atoms with Gasteiger partial charge in [-0.1, -0.05) is 29.8 Å². The maximum absolute atomic E-state index is 12.3. The van der Waals surface area contributed by atoms with Crippen LogP contribution in [0, 0.1) is 0 Å². The van der Waals surface area contributed by atoms with E-state index in [0.29, 0.717) is 23.6 Å². The van der Waals surface area contributed by atoms with Gasteiger partial charge in [0, 0.05) is 49.1 Å². The first-order valence-electron chi connectivity index (χ1n) is 8.71. The van der Waals surface area contributed by atoms with Gasteiger partial charge in [-0.3, -0.25) is 4.79 Å². The Hall–Kier alpha value is -2.57. The molecule has 142 valence electrons. The molecule has 1 unspecified atom stereocenters. The average Bonchev–Trinajstić information content (AvgIpc) is 2.66. The molecule has 0 saturated heterocycles. The van der Waals surface area contributed by atoms with Crippen molar-refractivity contribution in [2.24, 2.45) is 0 Å². The first kappa shape index (κ1) is 19.2. The van der Waals surface area contributed by atoms with Gasteiger partial charge in [-0.05, 0) is 36.2 Å². The lowest BCUT2D eigenvalue weighted by atomic mass is 10.0. The molecule has 0 saturated carbocycles. The number of anilines is 2. The summed E-state index contributed by atoms with van der Waals surface area (Å²) in [7, 11) is 3.34. The molecule has 0 aromatic heterocycles. The molecule has 3 rings (SSSR count). The molecule has 3 amide bonds. The van der Waals surface area contributed by atoms with E-state index >= 15 is 0 Å². The molecule has 27 heavy (non-hydrogen) atoms. The van der Waals surface area contributed by atoms with E-state index in [2.05, 4.69) is 10.6 Å². The van der Waals surface area contributed by atoms with Gasteiger partial charge >= 0.3 is 6.03 Å². The Bertz CT molecular complexity index is 856. The Morgan fingerprint density at radius 1 is 1.26 bits per heavy atom. The molecular weight excluding hydrogens is 366 g/mol. The van der Waals surface area contributed by atoms with Crippen molar-refractivity contribution in [3.05, 3.63) is 58.6 Å². The molecule has 1 aliphatic heterocycles. The first-order valence-corrected chi connectivity index (χ1v) is 9.09. The molecule has 1 heterocycles. The van der Waals surface area contributed by atoms with Crippen LogP contribution >= 0.6 is 11.6 Å². The van der Waals surface area contributed by atoms with Gasteiger partial charge in [0.1, 0.15) is 6.10 Å². The molecule has 0 fully saturated rings. The predicted octanol–water partition coefficient (Wildman–Crippen LogP) is 3.76. The van der Waals surface area contributed by atoms with E-state index in [1.54, 1.807) is 31.2 Å². The summed E-state index contributed by atoms with van der Waals surface area (Å²) in [6.45, 7) is 0.286. The molecule has 1 atom stereocenters. The summed E-state index contributed by atoms with van der Waals surface area (Å²) in [5.41, 5.74) is 3.43. The maximum Gasteiger partial charge on any atom is 0.319 e. The smallest absolute Gasteiger partial charge is 0.319 e. The molecule has 2 aromatic rings.